The number of amides is 1. The number of carboxylic acid groups (broad SMARTS) is 2. The Bertz CT molecular complexity index is 870. The lowest BCUT2D eigenvalue weighted by atomic mass is 10.0. The van der Waals surface area contributed by atoms with Crippen LogP contribution < -0.4 is 5.32 Å². The molecule has 1 amide bonds. The lowest BCUT2D eigenvalue weighted by Crippen LogP contribution is -2.31. The minimum absolute atomic E-state index is 0.0359. The van der Waals surface area contributed by atoms with Crippen LogP contribution in [0.2, 0.25) is 5.02 Å². The summed E-state index contributed by atoms with van der Waals surface area (Å²) in [7, 11) is 4.07. The molecule has 0 fully saturated rings. The van der Waals surface area contributed by atoms with Gasteiger partial charge in [0.05, 0.1) is 6.04 Å². The van der Waals surface area contributed by atoms with Crippen LogP contribution in [0.4, 0.5) is 0 Å². The van der Waals surface area contributed by atoms with Gasteiger partial charge in [0.2, 0.25) is 0 Å². The van der Waals surface area contributed by atoms with Crippen molar-refractivity contribution in [1.29, 1.82) is 0 Å². The molecule has 3 N–H and O–H groups in total. The highest BCUT2D eigenvalue weighted by Crippen LogP contribution is 2.21. The molecule has 1 unspecified atom stereocenters. The Morgan fingerprint density at radius 3 is 2.03 bits per heavy atom. The van der Waals surface area contributed by atoms with Crippen LogP contribution >= 0.6 is 11.6 Å². The van der Waals surface area contributed by atoms with Crippen LogP contribution in [0.1, 0.15) is 39.5 Å². The molecule has 0 heterocycles. The molecular formula is C22H27ClN2O5. The van der Waals surface area contributed by atoms with Crippen molar-refractivity contribution in [3.63, 3.8) is 0 Å². The van der Waals surface area contributed by atoms with Crippen molar-refractivity contribution in [2.24, 2.45) is 0 Å². The summed E-state index contributed by atoms with van der Waals surface area (Å²) < 4.78 is 0. The van der Waals surface area contributed by atoms with Crippen LogP contribution in [0.5, 0.6) is 0 Å². The second kappa shape index (κ2) is 11.9. The molecule has 7 nitrogen and oxygen atoms in total. The van der Waals surface area contributed by atoms with Crippen LogP contribution in [-0.2, 0) is 9.59 Å². The Morgan fingerprint density at radius 2 is 1.57 bits per heavy atom. The molecule has 0 aliphatic rings. The number of nitrogens with zero attached hydrogens (tertiary/aromatic N) is 1. The number of nitrogens with one attached hydrogen (secondary N) is 1. The van der Waals surface area contributed by atoms with Crippen molar-refractivity contribution in [2.75, 3.05) is 20.6 Å². The third-order valence-electron chi connectivity index (χ3n) is 4.25. The Morgan fingerprint density at radius 1 is 1.00 bits per heavy atom. The van der Waals surface area contributed by atoms with Crippen molar-refractivity contribution in [3.8, 4) is 0 Å². The largest absolute Gasteiger partial charge is 0.473 e. The molecule has 2 rings (SSSR count). The lowest BCUT2D eigenvalue weighted by Gasteiger charge is -2.22. The molecule has 1 atom stereocenters. The highest BCUT2D eigenvalue weighted by molar-refractivity contribution is 6.30. The summed E-state index contributed by atoms with van der Waals surface area (Å²) in [6.07, 6.45) is 0.839. The number of rotatable bonds is 6. The van der Waals surface area contributed by atoms with Crippen molar-refractivity contribution in [1.82, 2.24) is 10.2 Å². The van der Waals surface area contributed by atoms with Gasteiger partial charge in [-0.15, -0.1) is 0 Å². The Hall–Kier alpha value is -2.90. The fourth-order valence-corrected chi connectivity index (χ4v) is 2.83. The number of halogens is 1. The zero-order chi connectivity index (χ0) is 22.8. The van der Waals surface area contributed by atoms with E-state index < -0.39 is 11.9 Å². The van der Waals surface area contributed by atoms with Gasteiger partial charge in [0.25, 0.3) is 5.91 Å². The molecule has 0 saturated carbocycles. The smallest absolute Gasteiger partial charge is 0.414 e. The van der Waals surface area contributed by atoms with E-state index in [0.29, 0.717) is 5.02 Å². The predicted octanol–water partition coefficient (Wildman–Crippen LogP) is 3.54. The average molecular weight is 435 g/mol. The molecule has 0 aliphatic heterocycles. The maximum absolute atomic E-state index is 12.7. The van der Waals surface area contributed by atoms with Crippen LogP contribution in [0.3, 0.4) is 0 Å². The van der Waals surface area contributed by atoms with Gasteiger partial charge in [0, 0.05) is 10.6 Å². The summed E-state index contributed by atoms with van der Waals surface area (Å²) in [6, 6.07) is 13.5. The van der Waals surface area contributed by atoms with E-state index in [9.17, 15) is 4.79 Å². The third kappa shape index (κ3) is 8.63. The van der Waals surface area contributed by atoms with Gasteiger partial charge in [-0.05, 0) is 70.2 Å². The van der Waals surface area contributed by atoms with Gasteiger partial charge in [-0.25, -0.2) is 9.59 Å². The fourth-order valence-electron chi connectivity index (χ4n) is 2.71. The van der Waals surface area contributed by atoms with Gasteiger partial charge in [0.15, 0.2) is 0 Å². The Balaban J connectivity index is 0.000000656. The van der Waals surface area contributed by atoms with E-state index in [1.54, 1.807) is 0 Å². The van der Waals surface area contributed by atoms with Crippen LogP contribution in [0.25, 0.3) is 0 Å². The average Bonchev–Trinajstić information content (AvgIpc) is 2.66. The van der Waals surface area contributed by atoms with Gasteiger partial charge >= 0.3 is 11.9 Å². The Kier molecular flexibility index (Phi) is 10.0. The van der Waals surface area contributed by atoms with Gasteiger partial charge in [-0.1, -0.05) is 41.4 Å². The highest BCUT2D eigenvalue weighted by Gasteiger charge is 2.17. The summed E-state index contributed by atoms with van der Waals surface area (Å²) in [6.45, 7) is 4.89. The topological polar surface area (TPSA) is 107 Å². The molecule has 0 spiro atoms. The number of hydrogen-bond acceptors (Lipinski definition) is 4. The minimum Gasteiger partial charge on any atom is -0.473 e. The normalized spacial score (nSPS) is 11.3. The minimum atomic E-state index is -1.82. The first-order valence-electron chi connectivity index (χ1n) is 9.25. The summed E-state index contributed by atoms with van der Waals surface area (Å²) in [5.74, 6) is -3.68. The van der Waals surface area contributed by atoms with Crippen molar-refractivity contribution >= 4 is 29.4 Å². The molecule has 2 aromatic rings. The van der Waals surface area contributed by atoms with E-state index in [0.717, 1.165) is 35.2 Å². The number of carbonyl (C=O) groups is 3. The number of hydrogen-bond donors (Lipinski definition) is 3. The van der Waals surface area contributed by atoms with E-state index in [1.807, 2.05) is 70.4 Å². The van der Waals surface area contributed by atoms with Gasteiger partial charge in [-0.2, -0.15) is 0 Å². The third-order valence-corrected chi connectivity index (χ3v) is 4.50. The first-order chi connectivity index (χ1) is 14.0. The molecule has 8 heteroatoms. The number of carboxylic acids is 2. The van der Waals surface area contributed by atoms with Crippen LogP contribution in [0.15, 0.2) is 42.5 Å². The molecule has 0 saturated heterocycles. The summed E-state index contributed by atoms with van der Waals surface area (Å²) >= 11 is 5.99. The van der Waals surface area contributed by atoms with E-state index >= 15 is 0 Å². The van der Waals surface area contributed by atoms with Crippen LogP contribution in [-0.4, -0.2) is 53.6 Å². The first kappa shape index (κ1) is 25.1. The van der Waals surface area contributed by atoms with E-state index in [2.05, 4.69) is 10.2 Å². The molecular weight excluding hydrogens is 408 g/mol. The second-order valence-corrected chi connectivity index (χ2v) is 7.53. The molecule has 0 bridgehead atoms. The molecule has 30 heavy (non-hydrogen) atoms. The molecule has 0 radical (unpaired) electrons. The molecule has 162 valence electrons. The second-order valence-electron chi connectivity index (χ2n) is 7.10. The van der Waals surface area contributed by atoms with E-state index in [4.69, 9.17) is 31.4 Å². The molecule has 0 aliphatic carbocycles. The Labute approximate surface area is 181 Å². The number of aryl methyl sites for hydroxylation is 2. The molecule has 0 aromatic heterocycles. The van der Waals surface area contributed by atoms with Gasteiger partial charge < -0.3 is 20.4 Å². The van der Waals surface area contributed by atoms with Gasteiger partial charge in [-0.3, -0.25) is 4.79 Å². The van der Waals surface area contributed by atoms with Crippen LogP contribution in [0, 0.1) is 13.8 Å². The van der Waals surface area contributed by atoms with Gasteiger partial charge in [0.1, 0.15) is 0 Å². The van der Waals surface area contributed by atoms with E-state index in [-0.39, 0.29) is 11.9 Å². The maximum atomic E-state index is 12.7. The summed E-state index contributed by atoms with van der Waals surface area (Å²) in [5.41, 5.74) is 3.95. The number of benzene rings is 2. The zero-order valence-electron chi connectivity index (χ0n) is 17.5. The number of aliphatic carboxylic acids is 2. The highest BCUT2D eigenvalue weighted by atomic mass is 35.5. The fraction of sp³-hybridized carbons (Fsp3) is 0.318. The van der Waals surface area contributed by atoms with Crippen molar-refractivity contribution < 1.29 is 24.6 Å². The monoisotopic (exact) mass is 434 g/mol. The molecule has 2 aromatic carbocycles. The lowest BCUT2D eigenvalue weighted by molar-refractivity contribution is -0.159. The first-order valence-corrected chi connectivity index (χ1v) is 9.63. The maximum Gasteiger partial charge on any atom is 0.414 e. The standard InChI is InChI=1S/C20H25ClN2O.C2H2O4/c1-14-5-10-18(15(2)13-14)20(24)22-19(11-12-23(3)4)16-6-8-17(21)9-7-16;3-1(4)2(5)6/h5-10,13,19H,11-12H2,1-4H3,(H,22,24);(H,3,4)(H,5,6). The SMILES string of the molecule is Cc1ccc(C(=O)NC(CCN(C)C)c2ccc(Cl)cc2)c(C)c1.O=C(O)C(=O)O. The summed E-state index contributed by atoms with van der Waals surface area (Å²) in [5, 5.41) is 18.7. The van der Waals surface area contributed by atoms with Crippen molar-refractivity contribution in [3.05, 3.63) is 69.7 Å². The van der Waals surface area contributed by atoms with Crippen molar-refractivity contribution in [2.45, 2.75) is 26.3 Å². The number of carbonyl (C=O) groups excluding carboxylic acids is 1. The van der Waals surface area contributed by atoms with E-state index in [1.165, 1.54) is 0 Å². The quantitative estimate of drug-likeness (QED) is 0.600. The zero-order valence-corrected chi connectivity index (χ0v) is 18.2. The summed E-state index contributed by atoms with van der Waals surface area (Å²) in [4.78, 5) is 33.0. The predicted molar refractivity (Wildman–Crippen MR) is 116 cm³/mol.